The fraction of sp³-hybridized carbons (Fsp3) is 0.583. The van der Waals surface area contributed by atoms with E-state index in [-0.39, 0.29) is 5.91 Å². The molecule has 0 radical (unpaired) electrons. The van der Waals surface area contributed by atoms with Crippen molar-refractivity contribution in [2.75, 3.05) is 32.5 Å². The highest BCUT2D eigenvalue weighted by Gasteiger charge is 2.14. The lowest BCUT2D eigenvalue weighted by Crippen LogP contribution is -2.35. The normalized spacial score (nSPS) is 16.3. The predicted octanol–water partition coefficient (Wildman–Crippen LogP) is 0.342. The van der Waals surface area contributed by atoms with Crippen molar-refractivity contribution in [2.45, 2.75) is 18.9 Å². The Kier molecular flexibility index (Phi) is 4.09. The van der Waals surface area contributed by atoms with Gasteiger partial charge in [-0.25, -0.2) is 0 Å². The van der Waals surface area contributed by atoms with Crippen molar-refractivity contribution in [2.24, 2.45) is 0 Å². The first-order chi connectivity index (χ1) is 8.66. The van der Waals surface area contributed by atoms with E-state index >= 15 is 0 Å². The van der Waals surface area contributed by atoms with Gasteiger partial charge in [-0.2, -0.15) is 0 Å². The first-order valence-corrected chi connectivity index (χ1v) is 6.19. The number of rotatable bonds is 3. The highest BCUT2D eigenvalue weighted by molar-refractivity contribution is 5.91. The van der Waals surface area contributed by atoms with Gasteiger partial charge >= 0.3 is 0 Å². The van der Waals surface area contributed by atoms with Crippen LogP contribution in [0.25, 0.3) is 0 Å². The summed E-state index contributed by atoms with van der Waals surface area (Å²) >= 11 is 0. The summed E-state index contributed by atoms with van der Waals surface area (Å²) < 4.78 is 0. The van der Waals surface area contributed by atoms with Crippen molar-refractivity contribution in [3.05, 3.63) is 17.8 Å². The molecule has 18 heavy (non-hydrogen) atoms. The third kappa shape index (κ3) is 3.16. The minimum absolute atomic E-state index is 0.129. The molecule has 1 aliphatic rings. The molecule has 6 heteroatoms. The van der Waals surface area contributed by atoms with Crippen LogP contribution >= 0.6 is 0 Å². The van der Waals surface area contributed by atoms with E-state index in [0.717, 1.165) is 31.7 Å². The molecule has 1 aromatic rings. The summed E-state index contributed by atoms with van der Waals surface area (Å²) in [6.07, 6.45) is 2.17. The average molecular weight is 249 g/mol. The molecule has 0 spiro atoms. The van der Waals surface area contributed by atoms with Crippen LogP contribution in [0.3, 0.4) is 0 Å². The van der Waals surface area contributed by atoms with Crippen LogP contribution < -0.4 is 10.6 Å². The molecule has 0 saturated carbocycles. The number of aromatic nitrogens is 2. The molecule has 1 saturated heterocycles. The highest BCUT2D eigenvalue weighted by Crippen LogP contribution is 2.10. The van der Waals surface area contributed by atoms with Gasteiger partial charge < -0.3 is 15.5 Å². The molecule has 2 N–H and O–H groups in total. The topological polar surface area (TPSA) is 70.2 Å². The lowest BCUT2D eigenvalue weighted by Gasteiger charge is -2.23. The second kappa shape index (κ2) is 5.77. The second-order valence-electron chi connectivity index (χ2n) is 4.67. The van der Waals surface area contributed by atoms with Gasteiger partial charge in [0.1, 0.15) is 5.82 Å². The summed E-state index contributed by atoms with van der Waals surface area (Å²) in [6, 6.07) is 3.96. The maximum atomic E-state index is 11.6. The van der Waals surface area contributed by atoms with Crippen molar-refractivity contribution < 1.29 is 4.79 Å². The maximum Gasteiger partial charge on any atom is 0.273 e. The van der Waals surface area contributed by atoms with Crippen LogP contribution in [0, 0.1) is 0 Å². The van der Waals surface area contributed by atoms with E-state index in [0.29, 0.717) is 11.7 Å². The zero-order valence-electron chi connectivity index (χ0n) is 10.8. The Bertz CT molecular complexity index is 397. The smallest absolute Gasteiger partial charge is 0.273 e. The number of amides is 1. The summed E-state index contributed by atoms with van der Waals surface area (Å²) in [4.78, 5) is 13.1. The molecule has 98 valence electrons. The standard InChI is InChI=1S/C12H19N5O/c1-17(2)12(18)10-3-4-11(16-15-10)14-9-5-7-13-8-6-9/h3-4,9,13H,5-8H2,1-2H3,(H,14,16). The van der Waals surface area contributed by atoms with E-state index < -0.39 is 0 Å². The Morgan fingerprint density at radius 3 is 2.61 bits per heavy atom. The summed E-state index contributed by atoms with van der Waals surface area (Å²) in [5, 5.41) is 14.6. The maximum absolute atomic E-state index is 11.6. The van der Waals surface area contributed by atoms with Crippen LogP contribution in [0.15, 0.2) is 12.1 Å². The van der Waals surface area contributed by atoms with E-state index in [2.05, 4.69) is 20.8 Å². The molecule has 0 aromatic carbocycles. The monoisotopic (exact) mass is 249 g/mol. The molecule has 0 aliphatic carbocycles. The second-order valence-corrected chi connectivity index (χ2v) is 4.67. The average Bonchev–Trinajstić information content (AvgIpc) is 2.40. The first-order valence-electron chi connectivity index (χ1n) is 6.19. The lowest BCUT2D eigenvalue weighted by atomic mass is 10.1. The number of carbonyl (C=O) groups is 1. The molecule has 1 aromatic heterocycles. The first kappa shape index (κ1) is 12.8. The molecule has 1 aliphatic heterocycles. The van der Waals surface area contributed by atoms with E-state index in [1.807, 2.05) is 6.07 Å². The number of piperidine rings is 1. The van der Waals surface area contributed by atoms with Crippen molar-refractivity contribution in [1.82, 2.24) is 20.4 Å². The molecule has 2 rings (SSSR count). The molecular weight excluding hydrogens is 230 g/mol. The Hall–Kier alpha value is -1.69. The van der Waals surface area contributed by atoms with Crippen LogP contribution in [0.1, 0.15) is 23.3 Å². The van der Waals surface area contributed by atoms with Gasteiger partial charge in [0.15, 0.2) is 5.69 Å². The van der Waals surface area contributed by atoms with E-state index in [9.17, 15) is 4.79 Å². The number of hydrogen-bond donors (Lipinski definition) is 2. The minimum atomic E-state index is -0.129. The molecule has 2 heterocycles. The van der Waals surface area contributed by atoms with Gasteiger partial charge in [0.25, 0.3) is 5.91 Å². The van der Waals surface area contributed by atoms with Crippen molar-refractivity contribution in [1.29, 1.82) is 0 Å². The molecule has 1 fully saturated rings. The Morgan fingerprint density at radius 1 is 1.33 bits per heavy atom. The van der Waals surface area contributed by atoms with Crippen LogP contribution in [0.4, 0.5) is 5.82 Å². The van der Waals surface area contributed by atoms with Crippen LogP contribution in [-0.4, -0.2) is 54.2 Å². The fourth-order valence-electron chi connectivity index (χ4n) is 1.93. The Morgan fingerprint density at radius 2 is 2.06 bits per heavy atom. The highest BCUT2D eigenvalue weighted by atomic mass is 16.2. The zero-order valence-corrected chi connectivity index (χ0v) is 10.8. The van der Waals surface area contributed by atoms with E-state index in [1.54, 1.807) is 20.2 Å². The minimum Gasteiger partial charge on any atom is -0.366 e. The number of carbonyl (C=O) groups excluding carboxylic acids is 1. The van der Waals surface area contributed by atoms with Crippen LogP contribution in [0.2, 0.25) is 0 Å². The molecule has 0 unspecified atom stereocenters. The summed E-state index contributed by atoms with van der Waals surface area (Å²) in [6.45, 7) is 2.06. The number of nitrogens with one attached hydrogen (secondary N) is 2. The van der Waals surface area contributed by atoms with E-state index in [4.69, 9.17) is 0 Å². The van der Waals surface area contributed by atoms with Gasteiger partial charge in [-0.15, -0.1) is 10.2 Å². The quantitative estimate of drug-likeness (QED) is 0.808. The van der Waals surface area contributed by atoms with E-state index in [1.165, 1.54) is 4.90 Å². The number of anilines is 1. The van der Waals surface area contributed by atoms with Crippen LogP contribution in [-0.2, 0) is 0 Å². The summed E-state index contributed by atoms with van der Waals surface area (Å²) in [5.41, 5.74) is 0.371. The SMILES string of the molecule is CN(C)C(=O)c1ccc(NC2CCNCC2)nn1. The van der Waals surface area contributed by atoms with Crippen molar-refractivity contribution >= 4 is 11.7 Å². The third-order valence-electron chi connectivity index (χ3n) is 2.98. The van der Waals surface area contributed by atoms with Gasteiger partial charge in [0.2, 0.25) is 0 Å². The third-order valence-corrected chi connectivity index (χ3v) is 2.98. The molecule has 1 amide bonds. The van der Waals surface area contributed by atoms with Gasteiger partial charge in [0.05, 0.1) is 0 Å². The van der Waals surface area contributed by atoms with Crippen LogP contribution in [0.5, 0.6) is 0 Å². The largest absolute Gasteiger partial charge is 0.366 e. The van der Waals surface area contributed by atoms with Gasteiger partial charge in [-0.05, 0) is 38.1 Å². The summed E-state index contributed by atoms with van der Waals surface area (Å²) in [5.74, 6) is 0.605. The zero-order chi connectivity index (χ0) is 13.0. The number of nitrogens with zero attached hydrogens (tertiary/aromatic N) is 3. The fourth-order valence-corrected chi connectivity index (χ4v) is 1.93. The predicted molar refractivity (Wildman–Crippen MR) is 69.6 cm³/mol. The number of hydrogen-bond acceptors (Lipinski definition) is 5. The molecule has 0 atom stereocenters. The lowest BCUT2D eigenvalue weighted by molar-refractivity contribution is 0.0821. The molecule has 0 bridgehead atoms. The van der Waals surface area contributed by atoms with Gasteiger partial charge in [-0.1, -0.05) is 0 Å². The Labute approximate surface area is 107 Å². The molecule has 6 nitrogen and oxygen atoms in total. The summed E-state index contributed by atoms with van der Waals surface area (Å²) in [7, 11) is 3.40. The van der Waals surface area contributed by atoms with Crippen molar-refractivity contribution in [3.8, 4) is 0 Å². The Balaban J connectivity index is 1.96. The van der Waals surface area contributed by atoms with Gasteiger partial charge in [0, 0.05) is 20.1 Å². The van der Waals surface area contributed by atoms with Gasteiger partial charge in [-0.3, -0.25) is 4.79 Å². The molecular formula is C12H19N5O. The van der Waals surface area contributed by atoms with Crippen molar-refractivity contribution in [3.63, 3.8) is 0 Å².